The normalized spacial score (nSPS) is 31.2. The predicted octanol–water partition coefficient (Wildman–Crippen LogP) is 2.76. The summed E-state index contributed by atoms with van der Waals surface area (Å²) in [5.41, 5.74) is 9.46. The maximum Gasteiger partial charge on any atom is 0.00762 e. The van der Waals surface area contributed by atoms with Gasteiger partial charge in [0.05, 0.1) is 0 Å². The number of allylic oxidation sites excluding steroid dienone is 1. The summed E-state index contributed by atoms with van der Waals surface area (Å²) >= 11 is 0. The van der Waals surface area contributed by atoms with Crippen LogP contribution in [-0.2, 0) is 0 Å². The van der Waals surface area contributed by atoms with Gasteiger partial charge in [-0.1, -0.05) is 11.1 Å². The quantitative estimate of drug-likeness (QED) is 0.549. The summed E-state index contributed by atoms with van der Waals surface area (Å²) in [5.74, 6) is 0. The summed E-state index contributed by atoms with van der Waals surface area (Å²) in [5, 5.41) is 0. The zero-order chi connectivity index (χ0) is 8.39. The molecule has 0 bridgehead atoms. The molecule has 2 rings (SSSR count). The highest BCUT2D eigenvalue weighted by Gasteiger charge is 2.18. The predicted molar refractivity (Wildman–Crippen MR) is 51.9 cm³/mol. The lowest BCUT2D eigenvalue weighted by atomic mass is 9.87. The van der Waals surface area contributed by atoms with Crippen LogP contribution in [0.3, 0.4) is 0 Å². The largest absolute Gasteiger partial charge is 0.327 e. The number of rotatable bonds is 0. The molecule has 0 spiro atoms. The van der Waals surface area contributed by atoms with Crippen molar-refractivity contribution in [2.75, 3.05) is 0 Å². The Morgan fingerprint density at radius 1 is 0.917 bits per heavy atom. The molecular weight excluding hydrogens is 146 g/mol. The van der Waals surface area contributed by atoms with Crippen molar-refractivity contribution in [3.8, 4) is 0 Å². The van der Waals surface area contributed by atoms with Gasteiger partial charge in [0.2, 0.25) is 0 Å². The lowest BCUT2D eigenvalue weighted by Crippen LogP contribution is -2.24. The van der Waals surface area contributed by atoms with Crippen LogP contribution >= 0.6 is 0 Å². The molecule has 0 amide bonds. The third kappa shape index (κ3) is 1.71. The van der Waals surface area contributed by atoms with Crippen LogP contribution in [0, 0.1) is 0 Å². The third-order valence-electron chi connectivity index (χ3n) is 3.27. The van der Waals surface area contributed by atoms with E-state index < -0.39 is 0 Å². The Balaban J connectivity index is 2.05. The Morgan fingerprint density at radius 3 is 2.25 bits per heavy atom. The van der Waals surface area contributed by atoms with E-state index in [1.807, 2.05) is 0 Å². The Morgan fingerprint density at radius 2 is 1.58 bits per heavy atom. The zero-order valence-electron chi connectivity index (χ0n) is 7.81. The molecule has 0 aliphatic heterocycles. The van der Waals surface area contributed by atoms with Crippen molar-refractivity contribution >= 4 is 0 Å². The lowest BCUT2D eigenvalue weighted by Gasteiger charge is -2.22. The van der Waals surface area contributed by atoms with Crippen molar-refractivity contribution in [3.05, 3.63) is 11.1 Å². The number of hydrogen-bond acceptors (Lipinski definition) is 1. The van der Waals surface area contributed by atoms with E-state index in [4.69, 9.17) is 5.73 Å². The fraction of sp³-hybridized carbons (Fsp3) is 0.818. The Hall–Kier alpha value is -0.300. The second-order valence-corrected chi connectivity index (χ2v) is 4.27. The molecule has 2 saturated carbocycles. The van der Waals surface area contributed by atoms with Gasteiger partial charge in [-0.25, -0.2) is 0 Å². The van der Waals surface area contributed by atoms with Crippen LogP contribution in [0.1, 0.15) is 51.4 Å². The van der Waals surface area contributed by atoms with Gasteiger partial charge in [0, 0.05) is 6.04 Å². The number of nitrogens with two attached hydrogens (primary N) is 1. The minimum Gasteiger partial charge on any atom is -0.327 e. The van der Waals surface area contributed by atoms with Gasteiger partial charge in [0.25, 0.3) is 0 Å². The second-order valence-electron chi connectivity index (χ2n) is 4.27. The number of hydrogen-bond donors (Lipinski definition) is 1. The van der Waals surface area contributed by atoms with Gasteiger partial charge in [0.1, 0.15) is 0 Å². The fourth-order valence-corrected chi connectivity index (χ4v) is 2.57. The van der Waals surface area contributed by atoms with Gasteiger partial charge < -0.3 is 5.73 Å². The van der Waals surface area contributed by atoms with E-state index in [0.29, 0.717) is 6.04 Å². The summed E-state index contributed by atoms with van der Waals surface area (Å²) in [7, 11) is 0. The van der Waals surface area contributed by atoms with E-state index in [9.17, 15) is 0 Å². The van der Waals surface area contributed by atoms with Crippen LogP contribution in [0.4, 0.5) is 0 Å². The van der Waals surface area contributed by atoms with Crippen molar-refractivity contribution in [2.24, 2.45) is 5.73 Å². The molecule has 0 radical (unpaired) electrons. The molecule has 1 nitrogen and oxygen atoms in total. The molecule has 1 atom stereocenters. The topological polar surface area (TPSA) is 26.0 Å². The first-order valence-corrected chi connectivity index (χ1v) is 5.31. The summed E-state index contributed by atoms with van der Waals surface area (Å²) in [6, 6.07) is 0.474. The molecule has 0 aromatic carbocycles. The van der Waals surface area contributed by atoms with Crippen molar-refractivity contribution in [2.45, 2.75) is 57.4 Å². The van der Waals surface area contributed by atoms with E-state index in [0.717, 1.165) is 0 Å². The Labute approximate surface area is 75.0 Å². The third-order valence-corrected chi connectivity index (χ3v) is 3.27. The van der Waals surface area contributed by atoms with Crippen LogP contribution in [0.2, 0.25) is 0 Å². The molecule has 12 heavy (non-hydrogen) atoms. The Kier molecular flexibility index (Phi) is 2.50. The zero-order valence-corrected chi connectivity index (χ0v) is 7.81. The smallest absolute Gasteiger partial charge is 0.00762 e. The van der Waals surface area contributed by atoms with Gasteiger partial charge >= 0.3 is 0 Å². The van der Waals surface area contributed by atoms with Crippen molar-refractivity contribution in [1.82, 2.24) is 0 Å². The highest BCUT2D eigenvalue weighted by Crippen LogP contribution is 2.33. The van der Waals surface area contributed by atoms with Crippen LogP contribution in [0.25, 0.3) is 0 Å². The van der Waals surface area contributed by atoms with E-state index in [-0.39, 0.29) is 0 Å². The molecule has 0 aromatic heterocycles. The summed E-state index contributed by atoms with van der Waals surface area (Å²) < 4.78 is 0. The van der Waals surface area contributed by atoms with Crippen LogP contribution in [-0.4, -0.2) is 6.04 Å². The van der Waals surface area contributed by atoms with Crippen LogP contribution in [0.5, 0.6) is 0 Å². The minimum absolute atomic E-state index is 0.474. The van der Waals surface area contributed by atoms with Gasteiger partial charge in [-0.15, -0.1) is 0 Å². The van der Waals surface area contributed by atoms with Gasteiger partial charge in [-0.2, -0.15) is 0 Å². The molecule has 2 aliphatic rings. The fourth-order valence-electron chi connectivity index (χ4n) is 2.57. The summed E-state index contributed by atoms with van der Waals surface area (Å²) in [4.78, 5) is 0. The monoisotopic (exact) mass is 165 g/mol. The van der Waals surface area contributed by atoms with E-state index >= 15 is 0 Å². The van der Waals surface area contributed by atoms with Gasteiger partial charge in [-0.05, 0) is 51.4 Å². The first-order chi connectivity index (χ1) is 5.86. The van der Waals surface area contributed by atoms with Gasteiger partial charge in [0.15, 0.2) is 0 Å². The van der Waals surface area contributed by atoms with Crippen molar-refractivity contribution in [3.63, 3.8) is 0 Å². The molecule has 0 aromatic rings. The highest BCUT2D eigenvalue weighted by molar-refractivity contribution is 5.19. The molecule has 1 unspecified atom stereocenters. The first kappa shape index (κ1) is 8.31. The molecule has 2 aliphatic carbocycles. The van der Waals surface area contributed by atoms with Crippen molar-refractivity contribution < 1.29 is 0 Å². The van der Waals surface area contributed by atoms with E-state index in [2.05, 4.69) is 0 Å². The second kappa shape index (κ2) is 3.61. The first-order valence-electron chi connectivity index (χ1n) is 5.31. The van der Waals surface area contributed by atoms with E-state index in [1.165, 1.54) is 51.4 Å². The minimum atomic E-state index is 0.474. The molecule has 0 heterocycles. The summed E-state index contributed by atoms with van der Waals surface area (Å²) in [6.45, 7) is 0. The van der Waals surface area contributed by atoms with E-state index in [1.54, 1.807) is 11.1 Å². The average Bonchev–Trinajstić information content (AvgIpc) is 2.56. The molecule has 2 N–H and O–H groups in total. The molecule has 2 fully saturated rings. The highest BCUT2D eigenvalue weighted by atomic mass is 14.6. The molecule has 1 heteroatoms. The molecule has 0 saturated heterocycles. The summed E-state index contributed by atoms with van der Waals surface area (Å²) in [6.07, 6.45) is 10.7. The molecule has 68 valence electrons. The van der Waals surface area contributed by atoms with Crippen molar-refractivity contribution in [1.29, 1.82) is 0 Å². The maximum absolute atomic E-state index is 5.96. The standard InChI is InChI=1S/C11H19N/c12-11-7-3-6-10(8-11)9-4-1-2-5-9/h11H,1-8,12H2. The van der Waals surface area contributed by atoms with Crippen LogP contribution in [0.15, 0.2) is 11.1 Å². The maximum atomic E-state index is 5.96. The lowest BCUT2D eigenvalue weighted by molar-refractivity contribution is 0.512. The van der Waals surface area contributed by atoms with Crippen LogP contribution < -0.4 is 5.73 Å². The molecular formula is C11H19N. The SMILES string of the molecule is NC1CCCC(=C2CCCC2)C1. The van der Waals surface area contributed by atoms with Gasteiger partial charge in [-0.3, -0.25) is 0 Å². The Bertz CT molecular complexity index is 185. The average molecular weight is 165 g/mol.